The van der Waals surface area contributed by atoms with E-state index in [9.17, 15) is 4.79 Å². The number of aromatic nitrogens is 3. The lowest BCUT2D eigenvalue weighted by Crippen LogP contribution is -1.98. The molecule has 0 aliphatic carbocycles. The highest BCUT2D eigenvalue weighted by molar-refractivity contribution is 7.99. The van der Waals surface area contributed by atoms with Gasteiger partial charge in [0.25, 0.3) is 5.89 Å². The van der Waals surface area contributed by atoms with Crippen LogP contribution in [0.25, 0.3) is 22.8 Å². The Morgan fingerprint density at radius 1 is 1.22 bits per heavy atom. The molecule has 116 valence electrons. The Bertz CT molecular complexity index is 831. The summed E-state index contributed by atoms with van der Waals surface area (Å²) >= 11 is 1.14. The van der Waals surface area contributed by atoms with Gasteiger partial charge in [0.15, 0.2) is 0 Å². The molecule has 0 aliphatic heterocycles. The van der Waals surface area contributed by atoms with E-state index in [-0.39, 0.29) is 5.75 Å². The zero-order valence-corrected chi connectivity index (χ0v) is 13.1. The largest absolute Gasteiger partial charge is 0.481 e. The van der Waals surface area contributed by atoms with Crippen molar-refractivity contribution in [1.82, 2.24) is 15.1 Å². The molecule has 0 fully saturated rings. The Labute approximate surface area is 136 Å². The van der Waals surface area contributed by atoms with Crippen molar-refractivity contribution in [3.8, 4) is 22.8 Å². The highest BCUT2D eigenvalue weighted by Crippen LogP contribution is 2.25. The van der Waals surface area contributed by atoms with Crippen LogP contribution in [0.4, 0.5) is 0 Å². The van der Waals surface area contributed by atoms with Gasteiger partial charge in [-0.25, -0.2) is 4.98 Å². The maximum Gasteiger partial charge on any atom is 0.313 e. The maximum absolute atomic E-state index is 10.6. The molecule has 6 nitrogen and oxygen atoms in total. The summed E-state index contributed by atoms with van der Waals surface area (Å²) in [7, 11) is 0. The minimum Gasteiger partial charge on any atom is -0.481 e. The lowest BCUT2D eigenvalue weighted by Gasteiger charge is -1.99. The Morgan fingerprint density at radius 3 is 2.74 bits per heavy atom. The second-order valence-electron chi connectivity index (χ2n) is 4.85. The van der Waals surface area contributed by atoms with E-state index in [0.717, 1.165) is 22.9 Å². The number of pyridine rings is 1. The molecule has 0 bridgehead atoms. The molecule has 0 radical (unpaired) electrons. The number of rotatable bonds is 5. The van der Waals surface area contributed by atoms with E-state index in [1.807, 2.05) is 31.2 Å². The van der Waals surface area contributed by atoms with Gasteiger partial charge in [0.1, 0.15) is 0 Å². The first-order valence-corrected chi connectivity index (χ1v) is 7.82. The SMILES string of the molecule is Cc1ccc(-c2noc(-c3ccnc(SCC(=O)O)c3)n2)cc1. The number of benzene rings is 1. The fraction of sp³-hybridized carbons (Fsp3) is 0.125. The monoisotopic (exact) mass is 327 g/mol. The van der Waals surface area contributed by atoms with E-state index >= 15 is 0 Å². The zero-order valence-electron chi connectivity index (χ0n) is 12.3. The fourth-order valence-electron chi connectivity index (χ4n) is 1.92. The lowest BCUT2D eigenvalue weighted by molar-refractivity contribution is -0.133. The molecule has 0 atom stereocenters. The minimum absolute atomic E-state index is 0.0467. The number of hydrogen-bond donors (Lipinski definition) is 1. The van der Waals surface area contributed by atoms with Gasteiger partial charge in [-0.15, -0.1) is 0 Å². The van der Waals surface area contributed by atoms with E-state index in [4.69, 9.17) is 9.63 Å². The molecule has 3 aromatic rings. The molecule has 23 heavy (non-hydrogen) atoms. The first-order valence-electron chi connectivity index (χ1n) is 6.83. The van der Waals surface area contributed by atoms with Crippen LogP contribution in [0, 0.1) is 6.92 Å². The molecular formula is C16H13N3O3S. The summed E-state index contributed by atoms with van der Waals surface area (Å²) in [5.41, 5.74) is 2.74. The number of carbonyl (C=O) groups is 1. The molecule has 0 amide bonds. The number of nitrogens with zero attached hydrogens (tertiary/aromatic N) is 3. The minimum atomic E-state index is -0.887. The smallest absolute Gasteiger partial charge is 0.313 e. The molecule has 0 spiro atoms. The summed E-state index contributed by atoms with van der Waals surface area (Å²) in [6.45, 7) is 2.01. The normalized spacial score (nSPS) is 10.7. The van der Waals surface area contributed by atoms with Gasteiger partial charge in [-0.1, -0.05) is 46.7 Å². The van der Waals surface area contributed by atoms with Gasteiger partial charge in [0.05, 0.1) is 10.8 Å². The van der Waals surface area contributed by atoms with Crippen molar-refractivity contribution >= 4 is 17.7 Å². The van der Waals surface area contributed by atoms with Crippen molar-refractivity contribution < 1.29 is 14.4 Å². The van der Waals surface area contributed by atoms with Crippen molar-refractivity contribution in [2.45, 2.75) is 11.9 Å². The van der Waals surface area contributed by atoms with Crippen LogP contribution in [0.1, 0.15) is 5.56 Å². The Morgan fingerprint density at radius 2 is 2.00 bits per heavy atom. The summed E-state index contributed by atoms with van der Waals surface area (Å²) in [5, 5.41) is 13.3. The molecule has 2 heterocycles. The number of carboxylic acids is 1. The zero-order chi connectivity index (χ0) is 16.2. The predicted octanol–water partition coefficient (Wildman–Crippen LogP) is 3.28. The Kier molecular flexibility index (Phi) is 4.38. The summed E-state index contributed by atoms with van der Waals surface area (Å²) < 4.78 is 5.30. The highest BCUT2D eigenvalue weighted by Gasteiger charge is 2.12. The summed E-state index contributed by atoms with van der Waals surface area (Å²) in [6.07, 6.45) is 1.59. The quantitative estimate of drug-likeness (QED) is 0.719. The molecule has 0 saturated carbocycles. The predicted molar refractivity (Wildman–Crippen MR) is 86.1 cm³/mol. The number of aliphatic carboxylic acids is 1. The number of hydrogen-bond acceptors (Lipinski definition) is 6. The molecule has 7 heteroatoms. The van der Waals surface area contributed by atoms with Crippen molar-refractivity contribution in [2.24, 2.45) is 0 Å². The summed E-state index contributed by atoms with van der Waals surface area (Å²) in [6, 6.07) is 11.3. The number of aryl methyl sites for hydroxylation is 1. The molecule has 3 rings (SSSR count). The molecular weight excluding hydrogens is 314 g/mol. The van der Waals surface area contributed by atoms with Crippen LogP contribution >= 0.6 is 11.8 Å². The van der Waals surface area contributed by atoms with Gasteiger partial charge < -0.3 is 9.63 Å². The molecule has 1 N–H and O–H groups in total. The molecule has 2 aromatic heterocycles. The van der Waals surface area contributed by atoms with Gasteiger partial charge in [-0.3, -0.25) is 4.79 Å². The van der Waals surface area contributed by atoms with Crippen LogP contribution in [-0.4, -0.2) is 32.0 Å². The average Bonchev–Trinajstić information content (AvgIpc) is 3.04. The molecule has 0 aliphatic rings. The highest BCUT2D eigenvalue weighted by atomic mass is 32.2. The van der Waals surface area contributed by atoms with Crippen LogP contribution in [0.5, 0.6) is 0 Å². The van der Waals surface area contributed by atoms with Crippen molar-refractivity contribution in [3.63, 3.8) is 0 Å². The van der Waals surface area contributed by atoms with E-state index in [0.29, 0.717) is 22.3 Å². The van der Waals surface area contributed by atoms with E-state index in [1.54, 1.807) is 18.3 Å². The second-order valence-corrected chi connectivity index (χ2v) is 5.85. The molecule has 1 aromatic carbocycles. The van der Waals surface area contributed by atoms with Gasteiger partial charge in [0.2, 0.25) is 5.82 Å². The number of thioether (sulfide) groups is 1. The van der Waals surface area contributed by atoms with Gasteiger partial charge in [-0.2, -0.15) is 4.98 Å². The molecule has 0 saturated heterocycles. The van der Waals surface area contributed by atoms with E-state index in [1.165, 1.54) is 0 Å². The Balaban J connectivity index is 1.84. The third-order valence-electron chi connectivity index (χ3n) is 3.06. The van der Waals surface area contributed by atoms with Crippen LogP contribution in [-0.2, 0) is 4.79 Å². The first-order chi connectivity index (χ1) is 11.1. The van der Waals surface area contributed by atoms with Crippen LogP contribution in [0.2, 0.25) is 0 Å². The van der Waals surface area contributed by atoms with Crippen molar-refractivity contribution in [3.05, 3.63) is 48.2 Å². The topological polar surface area (TPSA) is 89.1 Å². The third-order valence-corrected chi connectivity index (χ3v) is 3.97. The first kappa shape index (κ1) is 15.2. The maximum atomic E-state index is 10.6. The van der Waals surface area contributed by atoms with Crippen LogP contribution in [0.3, 0.4) is 0 Å². The number of carboxylic acid groups (broad SMARTS) is 1. The van der Waals surface area contributed by atoms with Crippen LogP contribution < -0.4 is 0 Å². The van der Waals surface area contributed by atoms with Crippen molar-refractivity contribution in [2.75, 3.05) is 5.75 Å². The third kappa shape index (κ3) is 3.75. The van der Waals surface area contributed by atoms with Gasteiger partial charge >= 0.3 is 5.97 Å². The summed E-state index contributed by atoms with van der Waals surface area (Å²) in [5.74, 6) is -0.0482. The van der Waals surface area contributed by atoms with Crippen LogP contribution in [0.15, 0.2) is 52.1 Å². The van der Waals surface area contributed by atoms with E-state index in [2.05, 4.69) is 15.1 Å². The molecule has 0 unspecified atom stereocenters. The van der Waals surface area contributed by atoms with Gasteiger partial charge in [-0.05, 0) is 19.1 Å². The summed E-state index contributed by atoms with van der Waals surface area (Å²) in [4.78, 5) is 19.1. The van der Waals surface area contributed by atoms with Gasteiger partial charge in [0, 0.05) is 17.3 Å². The Hall–Kier alpha value is -2.67. The van der Waals surface area contributed by atoms with Crippen molar-refractivity contribution in [1.29, 1.82) is 0 Å². The average molecular weight is 327 g/mol. The van der Waals surface area contributed by atoms with E-state index < -0.39 is 5.97 Å². The lowest BCUT2D eigenvalue weighted by atomic mass is 10.1. The second kappa shape index (κ2) is 6.62. The standard InChI is InChI=1S/C16H13N3O3S/c1-10-2-4-11(5-3-10)15-18-16(22-19-15)12-6-7-17-13(8-12)23-9-14(20)21/h2-8H,9H2,1H3,(H,20,21). The fourth-order valence-corrected chi connectivity index (χ4v) is 2.53.